The molecule has 0 aliphatic rings. The second kappa shape index (κ2) is 7.40. The van der Waals surface area contributed by atoms with Crippen LogP contribution in [-0.2, 0) is 0 Å². The average molecular weight is 406 g/mol. The van der Waals surface area contributed by atoms with E-state index in [0.717, 1.165) is 27.2 Å². The molecule has 0 unspecified atom stereocenters. The van der Waals surface area contributed by atoms with Gasteiger partial charge in [0.1, 0.15) is 0 Å². The van der Waals surface area contributed by atoms with Gasteiger partial charge >= 0.3 is 0 Å². The SMILES string of the molecule is Cc1ccc(-c2nc(NC(=O)c3cc4cnn(C(C)C)c4nc3C)sc2C)cc1. The van der Waals surface area contributed by atoms with Crippen molar-refractivity contribution in [2.75, 3.05) is 5.32 Å². The Bertz CT molecular complexity index is 1200. The summed E-state index contributed by atoms with van der Waals surface area (Å²) in [6.07, 6.45) is 1.75. The van der Waals surface area contributed by atoms with E-state index < -0.39 is 0 Å². The number of thiazole rings is 1. The van der Waals surface area contributed by atoms with Gasteiger partial charge in [0.25, 0.3) is 5.91 Å². The van der Waals surface area contributed by atoms with Crippen molar-refractivity contribution in [3.63, 3.8) is 0 Å². The molecule has 148 valence electrons. The quantitative estimate of drug-likeness (QED) is 0.499. The van der Waals surface area contributed by atoms with E-state index in [1.165, 1.54) is 16.9 Å². The maximum Gasteiger partial charge on any atom is 0.259 e. The standard InChI is InChI=1S/C22H23N5OS/c1-12(2)27-20-17(11-23-27)10-18(14(4)24-20)21(28)26-22-25-19(15(5)29-22)16-8-6-13(3)7-9-16/h6-12H,1-5H3,(H,25,26,28). The van der Waals surface area contributed by atoms with Crippen molar-refractivity contribution in [3.05, 3.63) is 58.2 Å². The predicted molar refractivity (Wildman–Crippen MR) is 118 cm³/mol. The van der Waals surface area contributed by atoms with Crippen LogP contribution < -0.4 is 5.32 Å². The lowest BCUT2D eigenvalue weighted by atomic mass is 10.1. The Morgan fingerprint density at radius 3 is 2.52 bits per heavy atom. The van der Waals surface area contributed by atoms with Gasteiger partial charge < -0.3 is 0 Å². The molecule has 0 saturated carbocycles. The topological polar surface area (TPSA) is 72.7 Å². The summed E-state index contributed by atoms with van der Waals surface area (Å²) >= 11 is 1.47. The van der Waals surface area contributed by atoms with Crippen LogP contribution in [0.3, 0.4) is 0 Å². The number of amides is 1. The fraction of sp³-hybridized carbons (Fsp3) is 0.273. The average Bonchev–Trinajstić information content (AvgIpc) is 3.24. The molecule has 4 aromatic rings. The fourth-order valence-electron chi connectivity index (χ4n) is 3.27. The Hall–Kier alpha value is -3.06. The Morgan fingerprint density at radius 1 is 1.10 bits per heavy atom. The Labute approximate surface area is 173 Å². The van der Waals surface area contributed by atoms with Crippen LogP contribution in [0.1, 0.15) is 46.4 Å². The molecule has 1 aromatic carbocycles. The zero-order valence-electron chi connectivity index (χ0n) is 17.1. The molecular weight excluding hydrogens is 382 g/mol. The summed E-state index contributed by atoms with van der Waals surface area (Å²) in [4.78, 5) is 23.2. The molecule has 0 bridgehead atoms. The number of aromatic nitrogens is 4. The van der Waals surface area contributed by atoms with Gasteiger partial charge in [-0.3, -0.25) is 10.1 Å². The summed E-state index contributed by atoms with van der Waals surface area (Å²) in [5, 5.41) is 8.76. The number of pyridine rings is 1. The molecule has 0 spiro atoms. The van der Waals surface area contributed by atoms with Gasteiger partial charge in [0.05, 0.1) is 23.1 Å². The van der Waals surface area contributed by atoms with E-state index in [-0.39, 0.29) is 11.9 Å². The summed E-state index contributed by atoms with van der Waals surface area (Å²) in [5.41, 5.74) is 5.14. The fourth-order valence-corrected chi connectivity index (χ4v) is 4.10. The van der Waals surface area contributed by atoms with Crippen LogP contribution >= 0.6 is 11.3 Å². The molecule has 1 amide bonds. The van der Waals surface area contributed by atoms with Gasteiger partial charge in [-0.2, -0.15) is 5.10 Å². The van der Waals surface area contributed by atoms with E-state index in [1.807, 2.05) is 24.6 Å². The van der Waals surface area contributed by atoms with Crippen molar-refractivity contribution in [1.29, 1.82) is 0 Å². The van der Waals surface area contributed by atoms with Crippen LogP contribution in [0.2, 0.25) is 0 Å². The van der Waals surface area contributed by atoms with Gasteiger partial charge in [-0.1, -0.05) is 29.8 Å². The number of fused-ring (bicyclic) bond motifs is 1. The molecule has 0 aliphatic heterocycles. The highest BCUT2D eigenvalue weighted by molar-refractivity contribution is 7.16. The second-order valence-corrected chi connectivity index (χ2v) is 8.66. The molecule has 3 heterocycles. The van der Waals surface area contributed by atoms with Gasteiger partial charge in [-0.25, -0.2) is 14.6 Å². The number of carbonyl (C=O) groups excluding carboxylic acids is 1. The predicted octanol–water partition coefficient (Wildman–Crippen LogP) is 5.31. The van der Waals surface area contributed by atoms with Gasteiger partial charge in [0.15, 0.2) is 10.8 Å². The first-order valence-electron chi connectivity index (χ1n) is 9.54. The minimum Gasteiger partial charge on any atom is -0.298 e. The number of anilines is 1. The molecule has 0 saturated heterocycles. The van der Waals surface area contributed by atoms with Crippen LogP contribution in [0.5, 0.6) is 0 Å². The molecule has 1 N–H and O–H groups in total. The number of hydrogen-bond donors (Lipinski definition) is 1. The number of rotatable bonds is 4. The van der Waals surface area contributed by atoms with Gasteiger partial charge in [0.2, 0.25) is 0 Å². The normalized spacial score (nSPS) is 11.4. The first-order chi connectivity index (χ1) is 13.8. The molecule has 0 aliphatic carbocycles. The minimum absolute atomic E-state index is 0.206. The lowest BCUT2D eigenvalue weighted by Gasteiger charge is -2.09. The summed E-state index contributed by atoms with van der Waals surface area (Å²) in [5.74, 6) is -0.210. The minimum atomic E-state index is -0.210. The molecule has 7 heteroatoms. The molecule has 3 aromatic heterocycles. The van der Waals surface area contributed by atoms with E-state index in [1.54, 1.807) is 6.20 Å². The van der Waals surface area contributed by atoms with Crippen LogP contribution in [0, 0.1) is 20.8 Å². The number of nitrogens with zero attached hydrogens (tertiary/aromatic N) is 4. The van der Waals surface area contributed by atoms with E-state index in [9.17, 15) is 4.79 Å². The largest absolute Gasteiger partial charge is 0.298 e. The first-order valence-corrected chi connectivity index (χ1v) is 10.4. The molecule has 0 atom stereocenters. The first kappa shape index (κ1) is 19.3. The maximum absolute atomic E-state index is 12.9. The van der Waals surface area contributed by atoms with Crippen molar-refractivity contribution in [3.8, 4) is 11.3 Å². The number of aryl methyl sites for hydroxylation is 3. The van der Waals surface area contributed by atoms with Gasteiger partial charge in [-0.15, -0.1) is 11.3 Å². The Balaban J connectivity index is 1.62. The third-order valence-corrected chi connectivity index (χ3v) is 5.72. The smallest absolute Gasteiger partial charge is 0.259 e. The van der Waals surface area contributed by atoms with E-state index in [0.29, 0.717) is 16.4 Å². The molecule has 29 heavy (non-hydrogen) atoms. The van der Waals surface area contributed by atoms with Crippen LogP contribution in [0.15, 0.2) is 36.5 Å². The Morgan fingerprint density at radius 2 is 1.83 bits per heavy atom. The summed E-state index contributed by atoms with van der Waals surface area (Å²) in [6, 6.07) is 10.3. The van der Waals surface area contributed by atoms with Crippen LogP contribution in [0.4, 0.5) is 5.13 Å². The number of carbonyl (C=O) groups is 1. The van der Waals surface area contributed by atoms with Crippen molar-refractivity contribution in [2.24, 2.45) is 0 Å². The second-order valence-electron chi connectivity index (χ2n) is 7.46. The highest BCUT2D eigenvalue weighted by Crippen LogP contribution is 2.31. The summed E-state index contributed by atoms with van der Waals surface area (Å²) < 4.78 is 1.86. The number of benzene rings is 1. The molecular formula is C22H23N5OS. The molecule has 6 nitrogen and oxygen atoms in total. The molecule has 0 fully saturated rings. The Kier molecular flexibility index (Phi) is 4.92. The van der Waals surface area contributed by atoms with Crippen molar-refractivity contribution in [1.82, 2.24) is 19.7 Å². The van der Waals surface area contributed by atoms with Crippen LogP contribution in [0.25, 0.3) is 22.3 Å². The highest BCUT2D eigenvalue weighted by atomic mass is 32.1. The third-order valence-electron chi connectivity index (χ3n) is 4.84. The zero-order valence-corrected chi connectivity index (χ0v) is 18.0. The number of nitrogens with one attached hydrogen (secondary N) is 1. The van der Waals surface area contributed by atoms with E-state index in [2.05, 4.69) is 65.4 Å². The van der Waals surface area contributed by atoms with Gasteiger partial charge in [-0.05, 0) is 40.7 Å². The third kappa shape index (κ3) is 3.65. The summed E-state index contributed by atoms with van der Waals surface area (Å²) in [7, 11) is 0. The van der Waals surface area contributed by atoms with Crippen molar-refractivity contribution in [2.45, 2.75) is 40.7 Å². The molecule has 4 rings (SSSR count). The lowest BCUT2D eigenvalue weighted by molar-refractivity contribution is 0.102. The van der Waals surface area contributed by atoms with E-state index >= 15 is 0 Å². The lowest BCUT2D eigenvalue weighted by Crippen LogP contribution is -2.14. The van der Waals surface area contributed by atoms with Crippen molar-refractivity contribution >= 4 is 33.4 Å². The zero-order chi connectivity index (χ0) is 20.7. The van der Waals surface area contributed by atoms with Crippen molar-refractivity contribution < 1.29 is 4.79 Å². The van der Waals surface area contributed by atoms with Crippen LogP contribution in [-0.4, -0.2) is 25.7 Å². The monoisotopic (exact) mass is 405 g/mol. The molecule has 0 radical (unpaired) electrons. The summed E-state index contributed by atoms with van der Waals surface area (Å²) in [6.45, 7) is 10.0. The maximum atomic E-state index is 12.9. The van der Waals surface area contributed by atoms with Gasteiger partial charge in [0, 0.05) is 21.9 Å². The highest BCUT2D eigenvalue weighted by Gasteiger charge is 2.18. The van der Waals surface area contributed by atoms with E-state index in [4.69, 9.17) is 0 Å². The number of hydrogen-bond acceptors (Lipinski definition) is 5.